The second-order valence-corrected chi connectivity index (χ2v) is 19.2. The second kappa shape index (κ2) is 10.8. The highest BCUT2D eigenvalue weighted by Crippen LogP contribution is 2.47. The van der Waals surface area contributed by atoms with Crippen LogP contribution < -0.4 is 10.6 Å². The van der Waals surface area contributed by atoms with Crippen LogP contribution >= 0.6 is 11.3 Å². The molecule has 0 bridgehead atoms. The zero-order valence-electron chi connectivity index (χ0n) is 24.0. The SMILES string of the molecule is CC(C)(C)OC(=O)N[C@H]1CC[C@H](Nc2ncnc3sc4c(c23)[C@@H](CCO[Si](C)(C)C(C)(C)C)CC4)CC1. The van der Waals surface area contributed by atoms with Crippen molar-refractivity contribution in [1.82, 2.24) is 15.3 Å². The number of nitrogens with zero attached hydrogens (tertiary/aromatic N) is 2. The summed E-state index contributed by atoms with van der Waals surface area (Å²) < 4.78 is 12.0. The number of amides is 1. The number of fused-ring (bicyclic) bond motifs is 3. The molecule has 2 heterocycles. The molecule has 9 heteroatoms. The minimum atomic E-state index is -1.74. The Morgan fingerprint density at radius 3 is 2.38 bits per heavy atom. The van der Waals surface area contributed by atoms with Gasteiger partial charge in [-0.3, -0.25) is 0 Å². The van der Waals surface area contributed by atoms with Crippen LogP contribution in [0.4, 0.5) is 10.6 Å². The fraction of sp³-hybridized carbons (Fsp3) is 0.750. The van der Waals surface area contributed by atoms with Crippen LogP contribution in [0.2, 0.25) is 18.1 Å². The number of aromatic nitrogens is 2. The lowest BCUT2D eigenvalue weighted by atomic mass is 9.91. The topological polar surface area (TPSA) is 85.4 Å². The van der Waals surface area contributed by atoms with Crippen molar-refractivity contribution in [2.45, 2.75) is 128 Å². The molecule has 1 atom stereocenters. The van der Waals surface area contributed by atoms with Crippen molar-refractivity contribution in [2.75, 3.05) is 11.9 Å². The standard InChI is InChI=1S/C28H46N4O3SSi/c1-27(2,3)35-26(33)32-20-12-10-19(11-13-20)31-24-23-22-18(15-16-34-37(7,8)28(4,5)6)9-14-21(22)36-25(23)30-17-29-24/h17-20H,9-16H2,1-8H3,(H,32,33)(H,29,30,31)/t18-,19-,20-/m1/s1. The predicted octanol–water partition coefficient (Wildman–Crippen LogP) is 7.38. The van der Waals surface area contributed by atoms with Gasteiger partial charge < -0.3 is 19.8 Å². The van der Waals surface area contributed by atoms with E-state index in [1.165, 1.54) is 22.2 Å². The molecule has 1 fully saturated rings. The summed E-state index contributed by atoms with van der Waals surface area (Å²) in [5.41, 5.74) is 0.985. The summed E-state index contributed by atoms with van der Waals surface area (Å²) >= 11 is 1.84. The minimum Gasteiger partial charge on any atom is -0.444 e. The van der Waals surface area contributed by atoms with Gasteiger partial charge in [0.1, 0.15) is 22.6 Å². The molecule has 0 spiro atoms. The summed E-state index contributed by atoms with van der Waals surface area (Å²) in [6.07, 6.45) is 8.59. The Morgan fingerprint density at radius 1 is 1.05 bits per heavy atom. The van der Waals surface area contributed by atoms with Crippen LogP contribution in [-0.4, -0.2) is 48.7 Å². The van der Waals surface area contributed by atoms with E-state index >= 15 is 0 Å². The summed E-state index contributed by atoms with van der Waals surface area (Å²) in [6.45, 7) is 18.1. The van der Waals surface area contributed by atoms with Gasteiger partial charge in [0.25, 0.3) is 0 Å². The third-order valence-electron chi connectivity index (χ3n) is 8.25. The van der Waals surface area contributed by atoms with E-state index in [1.807, 2.05) is 32.1 Å². The first-order chi connectivity index (χ1) is 17.2. The van der Waals surface area contributed by atoms with Gasteiger partial charge in [0, 0.05) is 23.6 Å². The van der Waals surface area contributed by atoms with E-state index in [2.05, 4.69) is 49.5 Å². The third kappa shape index (κ3) is 6.84. The van der Waals surface area contributed by atoms with Crippen LogP contribution in [0.3, 0.4) is 0 Å². The van der Waals surface area contributed by atoms with Crippen molar-refractivity contribution in [2.24, 2.45) is 0 Å². The molecule has 7 nitrogen and oxygen atoms in total. The van der Waals surface area contributed by atoms with Crippen LogP contribution in [0.5, 0.6) is 0 Å². The molecule has 2 aromatic rings. The number of aryl methyl sites for hydroxylation is 1. The molecule has 37 heavy (non-hydrogen) atoms. The number of hydrogen-bond donors (Lipinski definition) is 2. The highest BCUT2D eigenvalue weighted by atomic mass is 32.1. The number of anilines is 1. The van der Waals surface area contributed by atoms with Gasteiger partial charge >= 0.3 is 6.09 Å². The van der Waals surface area contributed by atoms with Crippen molar-refractivity contribution in [3.63, 3.8) is 0 Å². The molecule has 2 aliphatic rings. The zero-order chi connectivity index (χ0) is 27.0. The summed E-state index contributed by atoms with van der Waals surface area (Å²) in [5.74, 6) is 1.48. The zero-order valence-corrected chi connectivity index (χ0v) is 25.8. The number of ether oxygens (including phenoxy) is 1. The van der Waals surface area contributed by atoms with E-state index in [9.17, 15) is 4.79 Å². The van der Waals surface area contributed by atoms with E-state index in [-0.39, 0.29) is 17.2 Å². The number of rotatable bonds is 7. The lowest BCUT2D eigenvalue weighted by Crippen LogP contribution is -2.42. The second-order valence-electron chi connectivity index (χ2n) is 13.3. The first kappa shape index (κ1) is 28.3. The van der Waals surface area contributed by atoms with Crippen molar-refractivity contribution in [3.05, 3.63) is 16.8 Å². The van der Waals surface area contributed by atoms with Gasteiger partial charge in [0.2, 0.25) is 0 Å². The Balaban J connectivity index is 1.39. The number of thiophene rings is 1. The maximum Gasteiger partial charge on any atom is 0.407 e. The molecule has 0 aliphatic heterocycles. The van der Waals surface area contributed by atoms with Crippen molar-refractivity contribution in [3.8, 4) is 0 Å². The predicted molar refractivity (Wildman–Crippen MR) is 155 cm³/mol. The van der Waals surface area contributed by atoms with E-state index in [4.69, 9.17) is 14.1 Å². The Kier molecular flexibility index (Phi) is 8.27. The molecule has 0 radical (unpaired) electrons. The molecule has 206 valence electrons. The minimum absolute atomic E-state index is 0.161. The van der Waals surface area contributed by atoms with Crippen LogP contribution in [0, 0.1) is 0 Å². The van der Waals surface area contributed by atoms with Gasteiger partial charge in [-0.2, -0.15) is 0 Å². The molecular weight excluding hydrogens is 500 g/mol. The van der Waals surface area contributed by atoms with E-state index < -0.39 is 13.9 Å². The van der Waals surface area contributed by atoms with Crippen LogP contribution in [0.1, 0.15) is 96.4 Å². The van der Waals surface area contributed by atoms with Gasteiger partial charge in [0.15, 0.2) is 8.32 Å². The molecular formula is C28H46N4O3SSi. The molecule has 2 aliphatic carbocycles. The largest absolute Gasteiger partial charge is 0.444 e. The summed E-state index contributed by atoms with van der Waals surface area (Å²) in [6, 6.07) is 0.501. The normalized spacial score (nSPS) is 22.6. The quantitative estimate of drug-likeness (QED) is 0.352. The average Bonchev–Trinajstić information content (AvgIpc) is 3.33. The lowest BCUT2D eigenvalue weighted by molar-refractivity contribution is 0.0492. The maximum absolute atomic E-state index is 12.2. The summed E-state index contributed by atoms with van der Waals surface area (Å²) in [7, 11) is -1.74. The molecule has 2 N–H and O–H groups in total. The third-order valence-corrected chi connectivity index (χ3v) is 14.0. The molecule has 0 aromatic carbocycles. The summed E-state index contributed by atoms with van der Waals surface area (Å²) in [5, 5.41) is 8.26. The fourth-order valence-electron chi connectivity index (χ4n) is 5.19. The first-order valence-electron chi connectivity index (χ1n) is 13.9. The Bertz CT molecular complexity index is 1100. The van der Waals surface area contributed by atoms with Gasteiger partial charge in [-0.15, -0.1) is 11.3 Å². The Morgan fingerprint density at radius 2 is 1.73 bits per heavy atom. The molecule has 0 saturated heterocycles. The highest BCUT2D eigenvalue weighted by Gasteiger charge is 2.38. The van der Waals surface area contributed by atoms with E-state index in [0.29, 0.717) is 12.0 Å². The van der Waals surface area contributed by atoms with E-state index in [0.717, 1.165) is 55.8 Å². The van der Waals surface area contributed by atoms with Gasteiger partial charge in [0.05, 0.1) is 5.39 Å². The fourth-order valence-corrected chi connectivity index (χ4v) is 7.49. The molecule has 0 unspecified atom stereocenters. The smallest absolute Gasteiger partial charge is 0.407 e. The molecule has 2 aromatic heterocycles. The number of hydrogen-bond acceptors (Lipinski definition) is 7. The van der Waals surface area contributed by atoms with Crippen molar-refractivity contribution in [1.29, 1.82) is 0 Å². The monoisotopic (exact) mass is 546 g/mol. The maximum atomic E-state index is 12.2. The number of nitrogens with one attached hydrogen (secondary N) is 2. The first-order valence-corrected chi connectivity index (χ1v) is 17.6. The van der Waals surface area contributed by atoms with Crippen molar-refractivity contribution >= 4 is 41.8 Å². The van der Waals surface area contributed by atoms with Crippen molar-refractivity contribution < 1.29 is 14.0 Å². The van der Waals surface area contributed by atoms with Gasteiger partial charge in [-0.1, -0.05) is 20.8 Å². The number of carbonyl (C=O) groups is 1. The van der Waals surface area contributed by atoms with E-state index in [1.54, 1.807) is 6.33 Å². The Labute approximate surface area is 227 Å². The van der Waals surface area contributed by atoms with Gasteiger partial charge in [-0.05, 0) is 95.3 Å². The molecule has 1 saturated carbocycles. The average molecular weight is 547 g/mol. The lowest BCUT2D eigenvalue weighted by Gasteiger charge is -2.36. The number of alkyl carbamates (subject to hydrolysis) is 1. The molecule has 4 rings (SSSR count). The van der Waals surface area contributed by atoms with Crippen LogP contribution in [0.15, 0.2) is 6.33 Å². The van der Waals surface area contributed by atoms with Crippen LogP contribution in [0.25, 0.3) is 10.2 Å². The molecule has 1 amide bonds. The number of carbonyl (C=O) groups excluding carboxylic acids is 1. The summed E-state index contributed by atoms with van der Waals surface area (Å²) in [4.78, 5) is 24.1. The highest BCUT2D eigenvalue weighted by molar-refractivity contribution is 7.19. The van der Waals surface area contributed by atoms with Crippen LogP contribution in [-0.2, 0) is 15.6 Å². The Hall–Kier alpha value is -1.71. The van der Waals surface area contributed by atoms with Gasteiger partial charge in [-0.25, -0.2) is 14.8 Å².